The van der Waals surface area contributed by atoms with Crippen LogP contribution in [0, 0.1) is 0 Å². The van der Waals surface area contributed by atoms with Crippen LogP contribution in [0.1, 0.15) is 32.1 Å². The third-order valence-electron chi connectivity index (χ3n) is 2.73. The van der Waals surface area contributed by atoms with Gasteiger partial charge < -0.3 is 15.5 Å². The maximum absolute atomic E-state index is 11.8. The zero-order chi connectivity index (χ0) is 13.5. The second-order valence-electron chi connectivity index (χ2n) is 4.19. The molecule has 0 aliphatic carbocycles. The molecule has 6 nitrogen and oxygen atoms in total. The van der Waals surface area contributed by atoms with Crippen LogP contribution in [0.25, 0.3) is 0 Å². The Morgan fingerprint density at radius 3 is 2.50 bits per heavy atom. The number of carboxylic acids is 2. The molecule has 1 heterocycles. The molecule has 1 unspecified atom stereocenters. The lowest BCUT2D eigenvalue weighted by atomic mass is 10.1. The highest BCUT2D eigenvalue weighted by Crippen LogP contribution is 2.25. The van der Waals surface area contributed by atoms with Crippen LogP contribution in [-0.2, 0) is 14.4 Å². The van der Waals surface area contributed by atoms with Gasteiger partial charge in [0.05, 0.1) is 5.25 Å². The molecule has 18 heavy (non-hydrogen) atoms. The van der Waals surface area contributed by atoms with E-state index in [1.165, 1.54) is 11.8 Å². The predicted molar refractivity (Wildman–Crippen MR) is 66.5 cm³/mol. The first-order valence-corrected chi connectivity index (χ1v) is 6.92. The highest BCUT2D eigenvalue weighted by molar-refractivity contribution is 8.00. The smallest absolute Gasteiger partial charge is 0.326 e. The lowest BCUT2D eigenvalue weighted by molar-refractivity contribution is -0.143. The minimum Gasteiger partial charge on any atom is -0.481 e. The summed E-state index contributed by atoms with van der Waals surface area (Å²) in [5.74, 6) is -1.64. The van der Waals surface area contributed by atoms with E-state index in [4.69, 9.17) is 10.2 Å². The van der Waals surface area contributed by atoms with Gasteiger partial charge in [0.1, 0.15) is 6.04 Å². The fraction of sp³-hybridized carbons (Fsp3) is 0.727. The summed E-state index contributed by atoms with van der Waals surface area (Å²) in [5, 5.41) is 19.7. The molecule has 102 valence electrons. The number of hydrogen-bond acceptors (Lipinski definition) is 4. The SMILES string of the molecule is O=C(O)CC[C@H](NC(=O)C1CCCCS1)C(=O)O. The molecule has 7 heteroatoms. The zero-order valence-corrected chi connectivity index (χ0v) is 10.7. The maximum Gasteiger partial charge on any atom is 0.326 e. The van der Waals surface area contributed by atoms with Gasteiger partial charge in [0.25, 0.3) is 0 Å². The maximum atomic E-state index is 11.8. The number of hydrogen-bond donors (Lipinski definition) is 3. The van der Waals surface area contributed by atoms with Crippen molar-refractivity contribution in [2.24, 2.45) is 0 Å². The number of carbonyl (C=O) groups is 3. The van der Waals surface area contributed by atoms with Crippen molar-refractivity contribution in [2.45, 2.75) is 43.4 Å². The molecule has 2 atom stereocenters. The Hall–Kier alpha value is -1.24. The Morgan fingerprint density at radius 2 is 2.00 bits per heavy atom. The predicted octanol–water partition coefficient (Wildman–Crippen LogP) is 0.706. The second kappa shape index (κ2) is 7.25. The van der Waals surface area contributed by atoms with Crippen molar-refractivity contribution in [1.82, 2.24) is 5.32 Å². The Morgan fingerprint density at radius 1 is 1.28 bits per heavy atom. The first-order valence-electron chi connectivity index (χ1n) is 5.87. The topological polar surface area (TPSA) is 104 Å². The van der Waals surface area contributed by atoms with Crippen molar-refractivity contribution in [3.05, 3.63) is 0 Å². The minimum absolute atomic E-state index is 0.0895. The third-order valence-corrected chi connectivity index (χ3v) is 4.11. The van der Waals surface area contributed by atoms with Crippen LogP contribution >= 0.6 is 11.8 Å². The first kappa shape index (κ1) is 14.8. The number of carboxylic acid groups (broad SMARTS) is 2. The monoisotopic (exact) mass is 275 g/mol. The fourth-order valence-electron chi connectivity index (χ4n) is 1.74. The van der Waals surface area contributed by atoms with Crippen molar-refractivity contribution >= 4 is 29.6 Å². The number of rotatable bonds is 6. The Bertz CT molecular complexity index is 327. The van der Waals surface area contributed by atoms with Crippen molar-refractivity contribution in [1.29, 1.82) is 0 Å². The van der Waals surface area contributed by atoms with E-state index in [1.54, 1.807) is 0 Å². The average molecular weight is 275 g/mol. The quantitative estimate of drug-likeness (QED) is 0.659. The summed E-state index contributed by atoms with van der Waals surface area (Å²) in [6.45, 7) is 0. The fourth-order valence-corrected chi connectivity index (χ4v) is 2.95. The molecule has 0 aromatic heterocycles. The molecule has 0 spiro atoms. The van der Waals surface area contributed by atoms with Gasteiger partial charge in [-0.1, -0.05) is 6.42 Å². The van der Waals surface area contributed by atoms with Crippen LogP contribution in [0.15, 0.2) is 0 Å². The minimum atomic E-state index is -1.19. The molecule has 3 N–H and O–H groups in total. The lowest BCUT2D eigenvalue weighted by Gasteiger charge is -2.22. The summed E-state index contributed by atoms with van der Waals surface area (Å²) in [5.41, 5.74) is 0. The summed E-state index contributed by atoms with van der Waals surface area (Å²) < 4.78 is 0. The Labute approximate surface area is 109 Å². The molecule has 1 fully saturated rings. The van der Waals surface area contributed by atoms with E-state index < -0.39 is 18.0 Å². The van der Waals surface area contributed by atoms with Crippen molar-refractivity contribution < 1.29 is 24.6 Å². The van der Waals surface area contributed by atoms with Gasteiger partial charge in [-0.05, 0) is 25.0 Å². The normalized spacial score (nSPS) is 21.0. The molecule has 0 bridgehead atoms. The zero-order valence-electron chi connectivity index (χ0n) is 9.92. The van der Waals surface area contributed by atoms with Crippen LogP contribution in [-0.4, -0.2) is 45.1 Å². The summed E-state index contributed by atoms with van der Waals surface area (Å²) >= 11 is 1.53. The highest BCUT2D eigenvalue weighted by atomic mass is 32.2. The van der Waals surface area contributed by atoms with Gasteiger partial charge in [-0.2, -0.15) is 0 Å². The molecule has 0 radical (unpaired) electrons. The van der Waals surface area contributed by atoms with E-state index in [9.17, 15) is 14.4 Å². The standard InChI is InChI=1S/C11H17NO5S/c13-9(14)5-4-7(11(16)17)12-10(15)8-3-1-2-6-18-8/h7-8H,1-6H2,(H,12,15)(H,13,14)(H,16,17)/t7-,8?/m0/s1. The summed E-state index contributed by atoms with van der Waals surface area (Å²) in [4.78, 5) is 33.1. The van der Waals surface area contributed by atoms with Crippen molar-refractivity contribution in [3.8, 4) is 0 Å². The van der Waals surface area contributed by atoms with E-state index >= 15 is 0 Å². The highest BCUT2D eigenvalue weighted by Gasteiger charge is 2.27. The van der Waals surface area contributed by atoms with Gasteiger partial charge in [-0.15, -0.1) is 11.8 Å². The number of amides is 1. The first-order chi connectivity index (χ1) is 8.50. The molecule has 1 rings (SSSR count). The molecule has 1 aliphatic heterocycles. The number of thioether (sulfide) groups is 1. The van der Waals surface area contributed by atoms with Crippen molar-refractivity contribution in [3.63, 3.8) is 0 Å². The average Bonchev–Trinajstić information content (AvgIpc) is 2.34. The molecular weight excluding hydrogens is 258 g/mol. The third kappa shape index (κ3) is 4.95. The van der Waals surface area contributed by atoms with Gasteiger partial charge in [0.2, 0.25) is 5.91 Å². The number of nitrogens with one attached hydrogen (secondary N) is 1. The van der Waals surface area contributed by atoms with E-state index in [-0.39, 0.29) is 24.0 Å². The second-order valence-corrected chi connectivity index (χ2v) is 5.50. The van der Waals surface area contributed by atoms with Crippen LogP contribution in [0.5, 0.6) is 0 Å². The van der Waals surface area contributed by atoms with Crippen LogP contribution in [0.4, 0.5) is 0 Å². The van der Waals surface area contributed by atoms with Crippen LogP contribution < -0.4 is 5.32 Å². The number of aliphatic carboxylic acids is 2. The van der Waals surface area contributed by atoms with Gasteiger partial charge in [-0.25, -0.2) is 4.79 Å². The van der Waals surface area contributed by atoms with E-state index in [0.717, 1.165) is 25.0 Å². The molecular formula is C11H17NO5S. The number of carbonyl (C=O) groups excluding carboxylic acids is 1. The summed E-state index contributed by atoms with van der Waals surface area (Å²) in [6.07, 6.45) is 2.44. The van der Waals surface area contributed by atoms with Crippen molar-refractivity contribution in [2.75, 3.05) is 5.75 Å². The molecule has 1 amide bonds. The molecule has 0 saturated carbocycles. The van der Waals surface area contributed by atoms with E-state index in [1.807, 2.05) is 0 Å². The van der Waals surface area contributed by atoms with Gasteiger partial charge in [0, 0.05) is 6.42 Å². The lowest BCUT2D eigenvalue weighted by Crippen LogP contribution is -2.45. The largest absolute Gasteiger partial charge is 0.481 e. The van der Waals surface area contributed by atoms with Gasteiger partial charge in [-0.3, -0.25) is 9.59 Å². The molecule has 0 aromatic carbocycles. The molecule has 0 aromatic rings. The van der Waals surface area contributed by atoms with E-state index in [0.29, 0.717) is 0 Å². The summed E-state index contributed by atoms with van der Waals surface area (Å²) in [6, 6.07) is -1.11. The van der Waals surface area contributed by atoms with Crippen LogP contribution in [0.2, 0.25) is 0 Å². The Kier molecular flexibility index (Phi) is 5.97. The Balaban J connectivity index is 2.46. The molecule has 1 aliphatic rings. The van der Waals surface area contributed by atoms with Gasteiger partial charge >= 0.3 is 11.9 Å². The van der Waals surface area contributed by atoms with E-state index in [2.05, 4.69) is 5.32 Å². The van der Waals surface area contributed by atoms with Crippen LogP contribution in [0.3, 0.4) is 0 Å². The van der Waals surface area contributed by atoms with Gasteiger partial charge in [0.15, 0.2) is 0 Å². The molecule has 1 saturated heterocycles. The summed E-state index contributed by atoms with van der Waals surface area (Å²) in [7, 11) is 0.